The Labute approximate surface area is 183 Å². The first kappa shape index (κ1) is 21.1. The van der Waals surface area contributed by atoms with E-state index >= 15 is 0 Å². The summed E-state index contributed by atoms with van der Waals surface area (Å²) >= 11 is 1.13. The van der Waals surface area contributed by atoms with E-state index in [1.807, 2.05) is 13.0 Å². The average Bonchev–Trinajstić information content (AvgIpc) is 3.25. The van der Waals surface area contributed by atoms with Crippen LogP contribution in [0.1, 0.15) is 53.8 Å². The maximum atomic E-state index is 13.0. The maximum absolute atomic E-state index is 13.0. The van der Waals surface area contributed by atoms with Crippen molar-refractivity contribution >= 4 is 23.4 Å². The van der Waals surface area contributed by atoms with Crippen molar-refractivity contribution in [1.29, 1.82) is 0 Å². The standard InChI is InChI=1S/C21H23N5O4S/c1-12-7-14-15(9-21(2,3)10-17(14)30-12)23-19(27)13-5-6-18(16(8-13)26(28)29)31-20-24-22-11-25(20)4/h5-8,11,15H,9-10H2,1-4H3,(H,23,27). The summed E-state index contributed by atoms with van der Waals surface area (Å²) in [5.74, 6) is 1.34. The van der Waals surface area contributed by atoms with Gasteiger partial charge in [0.2, 0.25) is 0 Å². The number of benzene rings is 1. The van der Waals surface area contributed by atoms with Gasteiger partial charge in [0, 0.05) is 30.7 Å². The quantitative estimate of drug-likeness (QED) is 0.465. The Morgan fingerprint density at radius 1 is 1.39 bits per heavy atom. The van der Waals surface area contributed by atoms with Gasteiger partial charge >= 0.3 is 0 Å². The van der Waals surface area contributed by atoms with Crippen molar-refractivity contribution in [3.8, 4) is 0 Å². The van der Waals surface area contributed by atoms with Gasteiger partial charge in [0.15, 0.2) is 5.16 Å². The summed E-state index contributed by atoms with van der Waals surface area (Å²) in [4.78, 5) is 24.6. The lowest BCUT2D eigenvalue weighted by molar-refractivity contribution is -0.387. The molecule has 10 heteroatoms. The molecule has 1 unspecified atom stereocenters. The van der Waals surface area contributed by atoms with E-state index in [0.717, 1.165) is 41.7 Å². The zero-order valence-electron chi connectivity index (χ0n) is 17.7. The highest BCUT2D eigenvalue weighted by molar-refractivity contribution is 7.99. The average molecular weight is 442 g/mol. The summed E-state index contributed by atoms with van der Waals surface area (Å²) in [6, 6.07) is 6.22. The van der Waals surface area contributed by atoms with Crippen LogP contribution in [0.4, 0.5) is 5.69 Å². The third-order valence-electron chi connectivity index (χ3n) is 5.33. The number of nitro groups is 1. The second-order valence-corrected chi connectivity index (χ2v) is 9.58. The predicted molar refractivity (Wildman–Crippen MR) is 114 cm³/mol. The van der Waals surface area contributed by atoms with Crippen molar-refractivity contribution in [3.63, 3.8) is 0 Å². The number of carbonyl (C=O) groups is 1. The first-order valence-corrected chi connectivity index (χ1v) is 10.6. The highest BCUT2D eigenvalue weighted by atomic mass is 32.2. The minimum absolute atomic E-state index is 0.0299. The van der Waals surface area contributed by atoms with Crippen LogP contribution in [-0.2, 0) is 13.5 Å². The summed E-state index contributed by atoms with van der Waals surface area (Å²) in [6.07, 6.45) is 3.09. The van der Waals surface area contributed by atoms with Crippen LogP contribution < -0.4 is 5.32 Å². The van der Waals surface area contributed by atoms with Gasteiger partial charge < -0.3 is 14.3 Å². The van der Waals surface area contributed by atoms with Gasteiger partial charge in [0.25, 0.3) is 11.6 Å². The highest BCUT2D eigenvalue weighted by Crippen LogP contribution is 2.42. The third kappa shape index (κ3) is 4.34. The molecule has 1 amide bonds. The van der Waals surface area contributed by atoms with Crippen molar-refractivity contribution < 1.29 is 14.1 Å². The van der Waals surface area contributed by atoms with Gasteiger partial charge in [-0.25, -0.2) is 0 Å². The van der Waals surface area contributed by atoms with Crippen molar-refractivity contribution in [1.82, 2.24) is 20.1 Å². The zero-order valence-corrected chi connectivity index (χ0v) is 18.5. The first-order valence-electron chi connectivity index (χ1n) is 9.83. The molecule has 4 rings (SSSR count). The molecule has 0 bridgehead atoms. The fraction of sp³-hybridized carbons (Fsp3) is 0.381. The molecule has 2 heterocycles. The zero-order chi connectivity index (χ0) is 22.3. The van der Waals surface area contributed by atoms with Gasteiger partial charge in [-0.15, -0.1) is 10.2 Å². The van der Waals surface area contributed by atoms with Crippen LogP contribution >= 0.6 is 11.8 Å². The normalized spacial score (nSPS) is 17.2. The fourth-order valence-corrected chi connectivity index (χ4v) is 4.76. The van der Waals surface area contributed by atoms with Gasteiger partial charge in [0.1, 0.15) is 17.8 Å². The van der Waals surface area contributed by atoms with E-state index in [0.29, 0.717) is 10.1 Å². The van der Waals surface area contributed by atoms with Crippen LogP contribution in [0.2, 0.25) is 0 Å². The summed E-state index contributed by atoms with van der Waals surface area (Å²) < 4.78 is 7.50. The molecule has 0 saturated carbocycles. The molecular formula is C21H23N5O4S. The molecule has 1 atom stereocenters. The number of carbonyl (C=O) groups excluding carboxylic acids is 1. The van der Waals surface area contributed by atoms with Crippen molar-refractivity contribution in [3.05, 3.63) is 63.4 Å². The number of hydrogen-bond donors (Lipinski definition) is 1. The number of nitro benzene ring substituents is 1. The Bertz CT molecular complexity index is 1170. The molecule has 0 aliphatic heterocycles. The molecule has 3 aromatic rings. The summed E-state index contributed by atoms with van der Waals surface area (Å²) in [5, 5.41) is 23.0. The SMILES string of the molecule is Cc1cc2c(o1)CC(C)(C)CC2NC(=O)c1ccc(Sc2nncn2C)c([N+](=O)[O-])c1. The molecule has 31 heavy (non-hydrogen) atoms. The molecule has 0 radical (unpaired) electrons. The minimum Gasteiger partial charge on any atom is -0.466 e. The molecule has 0 saturated heterocycles. The number of furan rings is 1. The van der Waals surface area contributed by atoms with E-state index in [4.69, 9.17) is 4.42 Å². The van der Waals surface area contributed by atoms with Crippen molar-refractivity contribution in [2.45, 2.75) is 49.7 Å². The smallest absolute Gasteiger partial charge is 0.284 e. The minimum atomic E-state index is -0.489. The van der Waals surface area contributed by atoms with Gasteiger partial charge in [-0.05, 0) is 48.7 Å². The molecule has 1 aromatic carbocycles. The number of aryl methyl sites for hydroxylation is 2. The summed E-state index contributed by atoms with van der Waals surface area (Å²) in [7, 11) is 1.76. The number of nitrogens with one attached hydrogen (secondary N) is 1. The Hall–Kier alpha value is -3.14. The summed E-state index contributed by atoms with van der Waals surface area (Å²) in [5.41, 5.74) is 1.04. The van der Waals surface area contributed by atoms with E-state index in [1.165, 1.54) is 12.4 Å². The van der Waals surface area contributed by atoms with Crippen LogP contribution in [0.15, 0.2) is 45.1 Å². The highest BCUT2D eigenvalue weighted by Gasteiger charge is 2.36. The Morgan fingerprint density at radius 2 is 2.16 bits per heavy atom. The topological polar surface area (TPSA) is 116 Å². The molecule has 0 fully saturated rings. The molecule has 0 spiro atoms. The van der Waals surface area contributed by atoms with Gasteiger partial charge in [-0.3, -0.25) is 14.9 Å². The number of hydrogen-bond acceptors (Lipinski definition) is 7. The lowest BCUT2D eigenvalue weighted by atomic mass is 9.74. The molecule has 9 nitrogen and oxygen atoms in total. The second kappa shape index (κ2) is 7.84. The van der Waals surface area contributed by atoms with E-state index < -0.39 is 4.92 Å². The number of aromatic nitrogens is 3. The largest absolute Gasteiger partial charge is 0.466 e. The van der Waals surface area contributed by atoms with Crippen molar-refractivity contribution in [2.24, 2.45) is 12.5 Å². The molecule has 1 aliphatic carbocycles. The third-order valence-corrected chi connectivity index (χ3v) is 6.45. The van der Waals surface area contributed by atoms with Crippen molar-refractivity contribution in [2.75, 3.05) is 0 Å². The molecule has 1 aliphatic rings. The molecule has 162 valence electrons. The predicted octanol–water partition coefficient (Wildman–Crippen LogP) is 4.22. The lowest BCUT2D eigenvalue weighted by Gasteiger charge is -2.34. The van der Waals surface area contributed by atoms with E-state index in [1.54, 1.807) is 23.7 Å². The molecule has 1 N–H and O–H groups in total. The number of amides is 1. The van der Waals surface area contributed by atoms with Gasteiger partial charge in [-0.2, -0.15) is 0 Å². The van der Waals surface area contributed by atoms with Crippen LogP contribution in [0.3, 0.4) is 0 Å². The Kier molecular flexibility index (Phi) is 5.34. The number of fused-ring (bicyclic) bond motifs is 1. The monoisotopic (exact) mass is 441 g/mol. The fourth-order valence-electron chi connectivity index (χ4n) is 3.91. The molecular weight excluding hydrogens is 418 g/mol. The van der Waals surface area contributed by atoms with Crippen LogP contribution in [0.25, 0.3) is 0 Å². The van der Waals surface area contributed by atoms with Gasteiger partial charge in [-0.1, -0.05) is 13.8 Å². The first-order chi connectivity index (χ1) is 14.6. The molecule has 2 aromatic heterocycles. The van der Waals surface area contributed by atoms with E-state index in [-0.39, 0.29) is 28.6 Å². The Balaban J connectivity index is 1.60. The van der Waals surface area contributed by atoms with Gasteiger partial charge in [0.05, 0.1) is 15.9 Å². The lowest BCUT2D eigenvalue weighted by Crippen LogP contribution is -2.36. The Morgan fingerprint density at radius 3 is 2.84 bits per heavy atom. The van der Waals surface area contributed by atoms with Crippen LogP contribution in [-0.4, -0.2) is 25.6 Å². The van der Waals surface area contributed by atoms with Crippen LogP contribution in [0, 0.1) is 22.5 Å². The summed E-state index contributed by atoms with van der Waals surface area (Å²) in [6.45, 7) is 6.16. The number of rotatable bonds is 5. The number of nitrogens with zero attached hydrogens (tertiary/aromatic N) is 4. The maximum Gasteiger partial charge on any atom is 0.284 e. The van der Waals surface area contributed by atoms with E-state index in [9.17, 15) is 14.9 Å². The van der Waals surface area contributed by atoms with E-state index in [2.05, 4.69) is 29.4 Å². The second-order valence-electron chi connectivity index (χ2n) is 8.57. The van der Waals surface area contributed by atoms with Crippen LogP contribution in [0.5, 0.6) is 0 Å².